The first-order valence-electron chi connectivity index (χ1n) is 10.2. The number of carbonyl (C=O) groups is 1. The van der Waals surface area contributed by atoms with E-state index in [1.54, 1.807) is 37.3 Å². The Balaban J connectivity index is 1.52. The summed E-state index contributed by atoms with van der Waals surface area (Å²) in [6.45, 7) is 3.44. The van der Waals surface area contributed by atoms with Crippen LogP contribution < -0.4 is 14.8 Å². The molecule has 2 N–H and O–H groups in total. The van der Waals surface area contributed by atoms with Gasteiger partial charge in [0.05, 0.1) is 36.6 Å². The number of anilines is 1. The van der Waals surface area contributed by atoms with E-state index in [2.05, 4.69) is 10.0 Å². The van der Waals surface area contributed by atoms with Gasteiger partial charge in [-0.25, -0.2) is 16.8 Å². The highest BCUT2D eigenvalue weighted by atomic mass is 32.2. The molecule has 1 aliphatic rings. The molecule has 3 rings (SSSR count). The van der Waals surface area contributed by atoms with Crippen LogP contribution >= 0.6 is 0 Å². The number of benzene rings is 2. The summed E-state index contributed by atoms with van der Waals surface area (Å²) in [4.78, 5) is 12.7. The van der Waals surface area contributed by atoms with E-state index in [1.165, 1.54) is 16.4 Å². The van der Waals surface area contributed by atoms with Gasteiger partial charge in [-0.2, -0.15) is 4.31 Å². The predicted molar refractivity (Wildman–Crippen MR) is 123 cm³/mol. The molecule has 0 unspecified atom stereocenters. The highest BCUT2D eigenvalue weighted by Gasteiger charge is 2.26. The fraction of sp³-hybridized carbons (Fsp3) is 0.381. The summed E-state index contributed by atoms with van der Waals surface area (Å²) in [5.74, 6) is 0.112. The summed E-state index contributed by atoms with van der Waals surface area (Å²) in [5, 5.41) is 2.72. The predicted octanol–water partition coefficient (Wildman–Crippen LogP) is 1.20. The quantitative estimate of drug-likeness (QED) is 0.498. The van der Waals surface area contributed by atoms with Gasteiger partial charge in [-0.05, 0) is 48.9 Å². The van der Waals surface area contributed by atoms with Crippen LogP contribution in [0.3, 0.4) is 0 Å². The molecule has 0 spiro atoms. The van der Waals surface area contributed by atoms with Crippen molar-refractivity contribution in [1.29, 1.82) is 0 Å². The Bertz CT molecular complexity index is 1190. The minimum atomic E-state index is -3.57. The lowest BCUT2D eigenvalue weighted by Gasteiger charge is -2.26. The molecule has 0 aromatic heterocycles. The summed E-state index contributed by atoms with van der Waals surface area (Å²) in [7, 11) is -7.03. The molecule has 12 heteroatoms. The number of sulfonamides is 2. The van der Waals surface area contributed by atoms with Crippen molar-refractivity contribution < 1.29 is 31.1 Å². The molecule has 1 aliphatic heterocycles. The fourth-order valence-corrected chi connectivity index (χ4v) is 5.29. The summed E-state index contributed by atoms with van der Waals surface area (Å²) >= 11 is 0. The van der Waals surface area contributed by atoms with Crippen molar-refractivity contribution in [3.05, 3.63) is 53.6 Å². The van der Waals surface area contributed by atoms with Crippen LogP contribution in [0.2, 0.25) is 0 Å². The van der Waals surface area contributed by atoms with Gasteiger partial charge in [0.25, 0.3) is 5.91 Å². The molecule has 0 saturated carbocycles. The molecule has 1 fully saturated rings. The van der Waals surface area contributed by atoms with E-state index in [4.69, 9.17) is 9.47 Å². The Labute approximate surface area is 194 Å². The molecule has 1 saturated heterocycles. The Morgan fingerprint density at radius 1 is 1.06 bits per heavy atom. The molecule has 0 radical (unpaired) electrons. The summed E-state index contributed by atoms with van der Waals surface area (Å²) in [5.41, 5.74) is 1.20. The van der Waals surface area contributed by atoms with Gasteiger partial charge in [-0.1, -0.05) is 6.07 Å². The van der Waals surface area contributed by atoms with Gasteiger partial charge in [0.1, 0.15) is 12.4 Å². The molecule has 0 aliphatic carbocycles. The van der Waals surface area contributed by atoms with Crippen molar-refractivity contribution in [2.75, 3.05) is 50.4 Å². The number of nitrogens with zero attached hydrogens (tertiary/aromatic N) is 1. The standard InChI is InChI=1S/C21H27N3O7S2/c1-16-19(4-3-5-20(16)23-32(2,26)27)21(25)22-10-13-31-17-6-8-18(9-7-17)33(28,29)24-11-14-30-15-12-24/h3-9,23H,10-15H2,1-2H3,(H,22,25). The average Bonchev–Trinajstić information content (AvgIpc) is 2.78. The summed E-state index contributed by atoms with van der Waals surface area (Å²) in [6, 6.07) is 10.9. The van der Waals surface area contributed by atoms with E-state index in [-0.39, 0.29) is 24.0 Å². The van der Waals surface area contributed by atoms with Crippen LogP contribution in [0.5, 0.6) is 5.75 Å². The monoisotopic (exact) mass is 497 g/mol. The van der Waals surface area contributed by atoms with Crippen molar-refractivity contribution in [2.24, 2.45) is 0 Å². The molecule has 0 atom stereocenters. The van der Waals surface area contributed by atoms with Gasteiger partial charge >= 0.3 is 0 Å². The topological polar surface area (TPSA) is 131 Å². The molecule has 10 nitrogen and oxygen atoms in total. The molecule has 0 bridgehead atoms. The fourth-order valence-electron chi connectivity index (χ4n) is 3.26. The van der Waals surface area contributed by atoms with Crippen LogP contribution in [0.1, 0.15) is 15.9 Å². The van der Waals surface area contributed by atoms with Crippen molar-refractivity contribution >= 4 is 31.6 Å². The molecule has 1 heterocycles. The van der Waals surface area contributed by atoms with Crippen molar-refractivity contribution in [2.45, 2.75) is 11.8 Å². The van der Waals surface area contributed by atoms with E-state index in [0.29, 0.717) is 48.9 Å². The van der Waals surface area contributed by atoms with Crippen LogP contribution in [-0.4, -0.2) is 72.8 Å². The largest absolute Gasteiger partial charge is 0.492 e. The van der Waals surface area contributed by atoms with Crippen molar-refractivity contribution in [1.82, 2.24) is 9.62 Å². The van der Waals surface area contributed by atoms with Crippen LogP contribution in [0.15, 0.2) is 47.4 Å². The highest BCUT2D eigenvalue weighted by Crippen LogP contribution is 2.21. The zero-order valence-corrected chi connectivity index (χ0v) is 20.0. The third-order valence-electron chi connectivity index (χ3n) is 4.96. The molecule has 33 heavy (non-hydrogen) atoms. The van der Waals surface area contributed by atoms with E-state index >= 15 is 0 Å². The molecular formula is C21H27N3O7S2. The molecule has 2 aromatic carbocycles. The van der Waals surface area contributed by atoms with E-state index in [1.807, 2.05) is 0 Å². The smallest absolute Gasteiger partial charge is 0.251 e. The zero-order valence-electron chi connectivity index (χ0n) is 18.4. The van der Waals surface area contributed by atoms with E-state index in [0.717, 1.165) is 6.26 Å². The lowest BCUT2D eigenvalue weighted by atomic mass is 10.1. The Morgan fingerprint density at radius 3 is 2.36 bits per heavy atom. The van der Waals surface area contributed by atoms with Gasteiger partial charge < -0.3 is 14.8 Å². The minimum absolute atomic E-state index is 0.168. The van der Waals surface area contributed by atoms with Crippen LogP contribution in [0.4, 0.5) is 5.69 Å². The SMILES string of the molecule is Cc1c(NS(C)(=O)=O)cccc1C(=O)NCCOc1ccc(S(=O)(=O)N2CCOCC2)cc1. The van der Waals surface area contributed by atoms with Gasteiger partial charge in [0.2, 0.25) is 20.0 Å². The van der Waals surface area contributed by atoms with Crippen molar-refractivity contribution in [3.63, 3.8) is 0 Å². The van der Waals surface area contributed by atoms with Gasteiger partial charge in [-0.15, -0.1) is 0 Å². The van der Waals surface area contributed by atoms with Crippen molar-refractivity contribution in [3.8, 4) is 5.75 Å². The Hall–Kier alpha value is -2.67. The van der Waals surface area contributed by atoms with Crippen LogP contribution in [0.25, 0.3) is 0 Å². The van der Waals surface area contributed by atoms with Crippen LogP contribution in [0, 0.1) is 6.92 Å². The third kappa shape index (κ3) is 6.67. The number of ether oxygens (including phenoxy) is 2. The number of hydrogen-bond acceptors (Lipinski definition) is 7. The third-order valence-corrected chi connectivity index (χ3v) is 7.47. The number of rotatable bonds is 9. The van der Waals surface area contributed by atoms with Gasteiger partial charge in [0, 0.05) is 18.7 Å². The molecular weight excluding hydrogens is 470 g/mol. The number of amides is 1. The molecule has 180 valence electrons. The first-order chi connectivity index (χ1) is 15.6. The maximum Gasteiger partial charge on any atom is 0.251 e. The average molecular weight is 498 g/mol. The molecule has 2 aromatic rings. The first kappa shape index (κ1) is 25.0. The summed E-state index contributed by atoms with van der Waals surface area (Å²) < 4.78 is 62.8. The second-order valence-electron chi connectivity index (χ2n) is 7.44. The number of hydrogen-bond donors (Lipinski definition) is 2. The lowest BCUT2D eigenvalue weighted by Crippen LogP contribution is -2.40. The number of morpholine rings is 1. The lowest BCUT2D eigenvalue weighted by molar-refractivity contribution is 0.0730. The summed E-state index contributed by atoms with van der Waals surface area (Å²) in [6.07, 6.45) is 1.04. The van der Waals surface area contributed by atoms with Gasteiger partial charge in [0.15, 0.2) is 0 Å². The highest BCUT2D eigenvalue weighted by molar-refractivity contribution is 7.92. The van der Waals surface area contributed by atoms with E-state index < -0.39 is 20.0 Å². The minimum Gasteiger partial charge on any atom is -0.492 e. The van der Waals surface area contributed by atoms with E-state index in [9.17, 15) is 21.6 Å². The second-order valence-corrected chi connectivity index (χ2v) is 11.1. The van der Waals surface area contributed by atoms with Gasteiger partial charge in [-0.3, -0.25) is 9.52 Å². The maximum atomic E-state index is 12.6. The normalized spacial score (nSPS) is 15.1. The zero-order chi connectivity index (χ0) is 24.1. The second kappa shape index (κ2) is 10.5. The maximum absolute atomic E-state index is 12.6. The Kier molecular flexibility index (Phi) is 7.95. The van der Waals surface area contributed by atoms with Crippen LogP contribution in [-0.2, 0) is 24.8 Å². The first-order valence-corrected chi connectivity index (χ1v) is 13.6. The number of carbonyl (C=O) groups excluding carboxylic acids is 1. The number of nitrogens with one attached hydrogen (secondary N) is 2. The Morgan fingerprint density at radius 2 is 1.73 bits per heavy atom. The molecule has 1 amide bonds.